The predicted octanol–water partition coefficient (Wildman–Crippen LogP) is 0.621. The third-order valence-corrected chi connectivity index (χ3v) is 3.80. The van der Waals surface area contributed by atoms with Crippen LogP contribution >= 0.6 is 0 Å². The number of aliphatic hydroxyl groups is 1. The minimum Gasteiger partial charge on any atom is -0.394 e. The average molecular weight is 257 g/mol. The number of piperidine rings is 1. The van der Waals surface area contributed by atoms with E-state index in [2.05, 4.69) is 43.1 Å². The minimum absolute atomic E-state index is 0.0382. The van der Waals surface area contributed by atoms with Crippen LogP contribution < -0.4 is 5.32 Å². The maximum Gasteiger partial charge on any atom is 0.0614 e. The number of likely N-dealkylation sites (N-methyl/N-ethyl adjacent to an activating group) is 1. The standard InChI is InChI=1S/C14H31N3O/c1-13(2)11-17-8-5-14(12-18,6-9-17)15-7-10-16(3)4/h13,15,18H,5-12H2,1-4H3. The summed E-state index contributed by atoms with van der Waals surface area (Å²) in [5, 5.41) is 13.3. The van der Waals surface area contributed by atoms with Gasteiger partial charge in [0.25, 0.3) is 0 Å². The first-order chi connectivity index (χ1) is 8.47. The second kappa shape index (κ2) is 7.43. The normalized spacial score (nSPS) is 20.8. The van der Waals surface area contributed by atoms with Crippen molar-refractivity contribution in [3.63, 3.8) is 0 Å². The number of nitrogens with one attached hydrogen (secondary N) is 1. The highest BCUT2D eigenvalue weighted by atomic mass is 16.3. The lowest BCUT2D eigenvalue weighted by Crippen LogP contribution is -2.57. The van der Waals surface area contributed by atoms with Gasteiger partial charge in [-0.3, -0.25) is 0 Å². The number of hydrogen-bond acceptors (Lipinski definition) is 4. The third-order valence-electron chi connectivity index (χ3n) is 3.80. The SMILES string of the molecule is CC(C)CN1CCC(CO)(NCCN(C)C)CC1. The highest BCUT2D eigenvalue weighted by Crippen LogP contribution is 2.22. The Morgan fingerprint density at radius 3 is 2.33 bits per heavy atom. The van der Waals surface area contributed by atoms with Gasteiger partial charge in [0.1, 0.15) is 0 Å². The maximum absolute atomic E-state index is 9.68. The molecule has 0 saturated carbocycles. The summed E-state index contributed by atoms with van der Waals surface area (Å²) in [5.41, 5.74) is -0.0382. The Kier molecular flexibility index (Phi) is 6.57. The van der Waals surface area contributed by atoms with Crippen LogP contribution in [0.5, 0.6) is 0 Å². The third kappa shape index (κ3) is 5.22. The highest BCUT2D eigenvalue weighted by Gasteiger charge is 2.33. The van der Waals surface area contributed by atoms with Crippen molar-refractivity contribution < 1.29 is 5.11 Å². The van der Waals surface area contributed by atoms with Gasteiger partial charge in [0.2, 0.25) is 0 Å². The van der Waals surface area contributed by atoms with Crippen LogP contribution in [0.25, 0.3) is 0 Å². The first-order valence-electron chi connectivity index (χ1n) is 7.20. The molecule has 0 aromatic heterocycles. The summed E-state index contributed by atoms with van der Waals surface area (Å²) in [6, 6.07) is 0. The van der Waals surface area contributed by atoms with Gasteiger partial charge < -0.3 is 20.2 Å². The van der Waals surface area contributed by atoms with Crippen molar-refractivity contribution in [2.45, 2.75) is 32.2 Å². The number of hydrogen-bond donors (Lipinski definition) is 2. The monoisotopic (exact) mass is 257 g/mol. The molecular weight excluding hydrogens is 226 g/mol. The summed E-state index contributed by atoms with van der Waals surface area (Å²) in [6.07, 6.45) is 2.12. The number of likely N-dealkylation sites (tertiary alicyclic amines) is 1. The van der Waals surface area contributed by atoms with Crippen molar-refractivity contribution in [2.75, 3.05) is 53.4 Å². The Bertz CT molecular complexity index is 223. The van der Waals surface area contributed by atoms with Gasteiger partial charge in [-0.2, -0.15) is 0 Å². The molecule has 1 aliphatic heterocycles. The number of aliphatic hydroxyl groups excluding tert-OH is 1. The van der Waals surface area contributed by atoms with E-state index in [1.54, 1.807) is 0 Å². The predicted molar refractivity (Wildman–Crippen MR) is 76.9 cm³/mol. The van der Waals surface area contributed by atoms with Crippen molar-refractivity contribution in [3.05, 3.63) is 0 Å². The van der Waals surface area contributed by atoms with Gasteiger partial charge in [-0.05, 0) is 45.9 Å². The van der Waals surface area contributed by atoms with Gasteiger partial charge in [0.05, 0.1) is 6.61 Å². The molecular formula is C14H31N3O. The molecule has 108 valence electrons. The fourth-order valence-corrected chi connectivity index (χ4v) is 2.62. The van der Waals surface area contributed by atoms with Gasteiger partial charge in [0, 0.05) is 25.2 Å². The van der Waals surface area contributed by atoms with E-state index in [9.17, 15) is 5.11 Å². The van der Waals surface area contributed by atoms with Crippen LogP contribution in [0.2, 0.25) is 0 Å². The van der Waals surface area contributed by atoms with E-state index in [4.69, 9.17) is 0 Å². The molecule has 18 heavy (non-hydrogen) atoms. The Hall–Kier alpha value is -0.160. The van der Waals surface area contributed by atoms with E-state index in [0.29, 0.717) is 0 Å². The molecule has 0 aromatic rings. The fourth-order valence-electron chi connectivity index (χ4n) is 2.62. The van der Waals surface area contributed by atoms with E-state index in [1.807, 2.05) is 0 Å². The van der Waals surface area contributed by atoms with Gasteiger partial charge in [0.15, 0.2) is 0 Å². The molecule has 0 bridgehead atoms. The molecule has 4 nitrogen and oxygen atoms in total. The zero-order valence-corrected chi connectivity index (χ0v) is 12.6. The molecule has 1 saturated heterocycles. The van der Waals surface area contributed by atoms with Crippen molar-refractivity contribution in [3.8, 4) is 0 Å². The van der Waals surface area contributed by atoms with E-state index >= 15 is 0 Å². The molecule has 1 heterocycles. The molecule has 4 heteroatoms. The van der Waals surface area contributed by atoms with E-state index < -0.39 is 0 Å². The average Bonchev–Trinajstić information content (AvgIpc) is 2.30. The van der Waals surface area contributed by atoms with Crippen LogP contribution in [-0.2, 0) is 0 Å². The number of rotatable bonds is 7. The molecule has 2 N–H and O–H groups in total. The summed E-state index contributed by atoms with van der Waals surface area (Å²) < 4.78 is 0. The van der Waals surface area contributed by atoms with Crippen LogP contribution in [0, 0.1) is 5.92 Å². The molecule has 0 aliphatic carbocycles. The smallest absolute Gasteiger partial charge is 0.0614 e. The quantitative estimate of drug-likeness (QED) is 0.701. The zero-order valence-electron chi connectivity index (χ0n) is 12.6. The Morgan fingerprint density at radius 1 is 1.28 bits per heavy atom. The molecule has 1 aliphatic rings. The lowest BCUT2D eigenvalue weighted by Gasteiger charge is -2.42. The van der Waals surface area contributed by atoms with Gasteiger partial charge in [-0.25, -0.2) is 0 Å². The summed E-state index contributed by atoms with van der Waals surface area (Å²) in [4.78, 5) is 4.69. The summed E-state index contributed by atoms with van der Waals surface area (Å²) in [7, 11) is 4.16. The summed E-state index contributed by atoms with van der Waals surface area (Å²) in [5.74, 6) is 0.730. The van der Waals surface area contributed by atoms with Crippen molar-refractivity contribution in [2.24, 2.45) is 5.92 Å². The molecule has 0 spiro atoms. The van der Waals surface area contributed by atoms with Crippen molar-refractivity contribution in [1.82, 2.24) is 15.1 Å². The van der Waals surface area contributed by atoms with E-state index in [-0.39, 0.29) is 12.1 Å². The van der Waals surface area contributed by atoms with E-state index in [1.165, 1.54) is 6.54 Å². The molecule has 0 amide bonds. The molecule has 0 aromatic carbocycles. The molecule has 0 radical (unpaired) electrons. The highest BCUT2D eigenvalue weighted by molar-refractivity contribution is 4.93. The Balaban J connectivity index is 2.35. The second-order valence-corrected chi connectivity index (χ2v) is 6.36. The maximum atomic E-state index is 9.68. The van der Waals surface area contributed by atoms with Crippen LogP contribution in [-0.4, -0.2) is 73.9 Å². The molecule has 1 rings (SSSR count). The van der Waals surface area contributed by atoms with Crippen molar-refractivity contribution in [1.29, 1.82) is 0 Å². The van der Waals surface area contributed by atoms with Crippen LogP contribution in [0.3, 0.4) is 0 Å². The summed E-state index contributed by atoms with van der Waals surface area (Å²) in [6.45, 7) is 10.2. The van der Waals surface area contributed by atoms with E-state index in [0.717, 1.165) is 44.9 Å². The van der Waals surface area contributed by atoms with Gasteiger partial charge in [-0.1, -0.05) is 13.8 Å². The molecule has 0 unspecified atom stereocenters. The van der Waals surface area contributed by atoms with Crippen molar-refractivity contribution >= 4 is 0 Å². The Labute approximate surface area is 112 Å². The second-order valence-electron chi connectivity index (χ2n) is 6.36. The van der Waals surface area contributed by atoms with Crippen LogP contribution in [0.4, 0.5) is 0 Å². The minimum atomic E-state index is -0.0382. The molecule has 0 atom stereocenters. The van der Waals surface area contributed by atoms with Crippen LogP contribution in [0.15, 0.2) is 0 Å². The van der Waals surface area contributed by atoms with Crippen LogP contribution in [0.1, 0.15) is 26.7 Å². The van der Waals surface area contributed by atoms with Gasteiger partial charge >= 0.3 is 0 Å². The number of nitrogens with zero attached hydrogens (tertiary/aromatic N) is 2. The first kappa shape index (κ1) is 15.9. The fraction of sp³-hybridized carbons (Fsp3) is 1.00. The lowest BCUT2D eigenvalue weighted by molar-refractivity contribution is 0.0726. The summed E-state index contributed by atoms with van der Waals surface area (Å²) >= 11 is 0. The van der Waals surface area contributed by atoms with Gasteiger partial charge in [-0.15, -0.1) is 0 Å². The Morgan fingerprint density at radius 2 is 1.89 bits per heavy atom. The lowest BCUT2D eigenvalue weighted by atomic mass is 9.88. The zero-order chi connectivity index (χ0) is 13.6. The first-order valence-corrected chi connectivity index (χ1v) is 7.20. The molecule has 1 fully saturated rings. The largest absolute Gasteiger partial charge is 0.394 e. The topological polar surface area (TPSA) is 38.7 Å².